The maximum Gasteiger partial charge on any atom is 0.0453 e. The Bertz CT molecular complexity index is 376. The number of hydrogen-bond acceptors (Lipinski definition) is 1. The van der Waals surface area contributed by atoms with Crippen molar-refractivity contribution in [3.8, 4) is 0 Å². The van der Waals surface area contributed by atoms with E-state index in [4.69, 9.17) is 23.2 Å². The van der Waals surface area contributed by atoms with E-state index in [1.807, 2.05) is 18.2 Å². The van der Waals surface area contributed by atoms with Crippen molar-refractivity contribution in [2.24, 2.45) is 5.41 Å². The van der Waals surface area contributed by atoms with Crippen LogP contribution in [0, 0.1) is 5.41 Å². The molecular weight excluding hydrogens is 277 g/mol. The van der Waals surface area contributed by atoms with Crippen LogP contribution in [0.2, 0.25) is 10.0 Å². The van der Waals surface area contributed by atoms with E-state index < -0.39 is 0 Å². The molecule has 0 aliphatic heterocycles. The highest BCUT2D eigenvalue weighted by molar-refractivity contribution is 6.35. The van der Waals surface area contributed by atoms with E-state index in [-0.39, 0.29) is 0 Å². The van der Waals surface area contributed by atoms with Crippen LogP contribution in [0.15, 0.2) is 18.2 Å². The molecule has 1 unspecified atom stereocenters. The van der Waals surface area contributed by atoms with Gasteiger partial charge in [0.15, 0.2) is 0 Å². The molecule has 0 spiro atoms. The smallest absolute Gasteiger partial charge is 0.0453 e. The first-order chi connectivity index (χ1) is 8.83. The number of rotatable bonds is 6. The Labute approximate surface area is 127 Å². The average Bonchev–Trinajstić information content (AvgIpc) is 2.29. The van der Waals surface area contributed by atoms with Crippen LogP contribution in [0.4, 0.5) is 0 Å². The Morgan fingerprint density at radius 3 is 2.21 bits per heavy atom. The lowest BCUT2D eigenvalue weighted by Crippen LogP contribution is -2.35. The highest BCUT2D eigenvalue weighted by Crippen LogP contribution is 2.29. The van der Waals surface area contributed by atoms with E-state index in [1.54, 1.807) is 0 Å². The van der Waals surface area contributed by atoms with E-state index in [0.717, 1.165) is 41.4 Å². The highest BCUT2D eigenvalue weighted by atomic mass is 35.5. The normalized spacial score (nSPS) is 13.6. The number of halogens is 2. The first kappa shape index (κ1) is 16.8. The SMILES string of the molecule is CCCNC(Cc1c(Cl)cccc1Cl)CC(C)(C)C. The van der Waals surface area contributed by atoms with Crippen molar-refractivity contribution in [1.82, 2.24) is 5.32 Å². The minimum atomic E-state index is 0.291. The van der Waals surface area contributed by atoms with Gasteiger partial charge in [-0.1, -0.05) is 57.0 Å². The second kappa shape index (κ2) is 7.52. The Balaban J connectivity index is 2.81. The zero-order valence-electron chi connectivity index (χ0n) is 12.4. The summed E-state index contributed by atoms with van der Waals surface area (Å²) in [6.45, 7) is 10.0. The van der Waals surface area contributed by atoms with E-state index >= 15 is 0 Å². The summed E-state index contributed by atoms with van der Waals surface area (Å²) in [5.74, 6) is 0. The summed E-state index contributed by atoms with van der Waals surface area (Å²) in [7, 11) is 0. The number of nitrogens with one attached hydrogen (secondary N) is 1. The van der Waals surface area contributed by atoms with Gasteiger partial charge in [0, 0.05) is 16.1 Å². The van der Waals surface area contributed by atoms with Gasteiger partial charge in [0.25, 0.3) is 0 Å². The van der Waals surface area contributed by atoms with Gasteiger partial charge in [-0.15, -0.1) is 0 Å². The zero-order valence-corrected chi connectivity index (χ0v) is 13.9. The van der Waals surface area contributed by atoms with Crippen LogP contribution in [0.3, 0.4) is 0 Å². The average molecular weight is 302 g/mol. The Kier molecular flexibility index (Phi) is 6.65. The molecule has 1 N–H and O–H groups in total. The van der Waals surface area contributed by atoms with Gasteiger partial charge in [-0.3, -0.25) is 0 Å². The predicted molar refractivity (Wildman–Crippen MR) is 86.3 cm³/mol. The van der Waals surface area contributed by atoms with E-state index in [0.29, 0.717) is 11.5 Å². The van der Waals surface area contributed by atoms with E-state index in [1.165, 1.54) is 0 Å². The topological polar surface area (TPSA) is 12.0 Å². The van der Waals surface area contributed by atoms with Gasteiger partial charge >= 0.3 is 0 Å². The van der Waals surface area contributed by atoms with Gasteiger partial charge < -0.3 is 5.32 Å². The van der Waals surface area contributed by atoms with Crippen molar-refractivity contribution in [3.05, 3.63) is 33.8 Å². The molecule has 1 aromatic carbocycles. The summed E-state index contributed by atoms with van der Waals surface area (Å²) >= 11 is 12.5. The predicted octanol–water partition coefficient (Wildman–Crippen LogP) is 5.34. The monoisotopic (exact) mass is 301 g/mol. The maximum atomic E-state index is 6.27. The van der Waals surface area contributed by atoms with Crippen LogP contribution in [0.1, 0.15) is 46.1 Å². The molecule has 0 amide bonds. The molecule has 1 atom stereocenters. The van der Waals surface area contributed by atoms with Gasteiger partial charge in [0.05, 0.1) is 0 Å². The molecule has 0 saturated carbocycles. The fourth-order valence-corrected chi connectivity index (χ4v) is 2.83. The fourth-order valence-electron chi connectivity index (χ4n) is 2.28. The first-order valence-electron chi connectivity index (χ1n) is 6.99. The molecule has 0 saturated heterocycles. The van der Waals surface area contributed by atoms with Gasteiger partial charge in [0.1, 0.15) is 0 Å². The van der Waals surface area contributed by atoms with Gasteiger partial charge in [-0.05, 0) is 48.9 Å². The molecule has 3 heteroatoms. The second-order valence-corrected chi connectivity index (χ2v) is 7.13. The van der Waals surface area contributed by atoms with Crippen LogP contribution in [-0.2, 0) is 6.42 Å². The molecule has 0 aromatic heterocycles. The summed E-state index contributed by atoms with van der Waals surface area (Å²) in [4.78, 5) is 0. The lowest BCUT2D eigenvalue weighted by atomic mass is 9.86. The minimum absolute atomic E-state index is 0.291. The molecule has 0 heterocycles. The maximum absolute atomic E-state index is 6.27. The van der Waals surface area contributed by atoms with Gasteiger partial charge in [-0.25, -0.2) is 0 Å². The zero-order chi connectivity index (χ0) is 14.5. The molecule has 1 nitrogen and oxygen atoms in total. The van der Waals surface area contributed by atoms with Crippen LogP contribution in [0.25, 0.3) is 0 Å². The van der Waals surface area contributed by atoms with Crippen LogP contribution >= 0.6 is 23.2 Å². The van der Waals surface area contributed by atoms with Crippen molar-refractivity contribution >= 4 is 23.2 Å². The molecule has 19 heavy (non-hydrogen) atoms. The van der Waals surface area contributed by atoms with Crippen molar-refractivity contribution < 1.29 is 0 Å². The first-order valence-corrected chi connectivity index (χ1v) is 7.75. The lowest BCUT2D eigenvalue weighted by molar-refractivity contribution is 0.306. The summed E-state index contributed by atoms with van der Waals surface area (Å²) in [6.07, 6.45) is 3.13. The van der Waals surface area contributed by atoms with Crippen LogP contribution < -0.4 is 5.32 Å². The summed E-state index contributed by atoms with van der Waals surface area (Å²) < 4.78 is 0. The van der Waals surface area contributed by atoms with E-state index in [2.05, 4.69) is 33.0 Å². The van der Waals surface area contributed by atoms with Crippen molar-refractivity contribution in [2.45, 2.75) is 53.0 Å². The quantitative estimate of drug-likeness (QED) is 0.748. The number of benzene rings is 1. The summed E-state index contributed by atoms with van der Waals surface area (Å²) in [6, 6.07) is 6.14. The number of hydrogen-bond donors (Lipinski definition) is 1. The minimum Gasteiger partial charge on any atom is -0.314 e. The van der Waals surface area contributed by atoms with Crippen LogP contribution in [0.5, 0.6) is 0 Å². The van der Waals surface area contributed by atoms with Crippen molar-refractivity contribution in [3.63, 3.8) is 0 Å². The molecular formula is C16H25Cl2N. The molecule has 0 fully saturated rings. The Morgan fingerprint density at radius 2 is 1.74 bits per heavy atom. The summed E-state index contributed by atoms with van der Waals surface area (Å²) in [5, 5.41) is 5.15. The third-order valence-corrected chi connectivity index (χ3v) is 3.76. The molecule has 108 valence electrons. The molecule has 0 aliphatic rings. The van der Waals surface area contributed by atoms with Crippen LogP contribution in [-0.4, -0.2) is 12.6 Å². The van der Waals surface area contributed by atoms with E-state index in [9.17, 15) is 0 Å². The van der Waals surface area contributed by atoms with Gasteiger partial charge in [0.2, 0.25) is 0 Å². The third-order valence-electron chi connectivity index (χ3n) is 3.05. The second-order valence-electron chi connectivity index (χ2n) is 6.32. The Hall–Kier alpha value is -0.240. The molecule has 0 bridgehead atoms. The largest absolute Gasteiger partial charge is 0.314 e. The standard InChI is InChI=1S/C16H25Cl2N/c1-5-9-19-12(11-16(2,3)4)10-13-14(17)7-6-8-15(13)18/h6-8,12,19H,5,9-11H2,1-4H3. The summed E-state index contributed by atoms with van der Waals surface area (Å²) in [5.41, 5.74) is 1.35. The molecule has 0 radical (unpaired) electrons. The third kappa shape index (κ3) is 6.16. The molecule has 1 aromatic rings. The molecule has 1 rings (SSSR count). The highest BCUT2D eigenvalue weighted by Gasteiger charge is 2.20. The fraction of sp³-hybridized carbons (Fsp3) is 0.625. The van der Waals surface area contributed by atoms with Gasteiger partial charge in [-0.2, -0.15) is 0 Å². The molecule has 0 aliphatic carbocycles. The lowest BCUT2D eigenvalue weighted by Gasteiger charge is -2.27. The van der Waals surface area contributed by atoms with Crippen molar-refractivity contribution in [1.29, 1.82) is 0 Å². The van der Waals surface area contributed by atoms with Crippen molar-refractivity contribution in [2.75, 3.05) is 6.54 Å². The Morgan fingerprint density at radius 1 is 1.16 bits per heavy atom.